The van der Waals surface area contributed by atoms with Gasteiger partial charge in [-0.2, -0.15) is 0 Å². The summed E-state index contributed by atoms with van der Waals surface area (Å²) in [5.74, 6) is -0.570. The molecule has 8 nitrogen and oxygen atoms in total. The lowest BCUT2D eigenvalue weighted by Gasteiger charge is -2.00. The van der Waals surface area contributed by atoms with Gasteiger partial charge in [0.05, 0.1) is 12.8 Å². The highest BCUT2D eigenvalue weighted by Gasteiger charge is 2.09. The van der Waals surface area contributed by atoms with E-state index in [0.717, 1.165) is 0 Å². The molecule has 0 fully saturated rings. The number of nitrogens with zero attached hydrogens (tertiary/aromatic N) is 3. The molecule has 0 aliphatic carbocycles. The van der Waals surface area contributed by atoms with Crippen molar-refractivity contribution < 1.29 is 19.1 Å². The number of anilines is 1. The van der Waals surface area contributed by atoms with Gasteiger partial charge in [-0.3, -0.25) is 9.59 Å². The number of nitrogens with one attached hydrogen (secondary N) is 1. The Labute approximate surface area is 110 Å². The normalized spacial score (nSPS) is 10.0. The quantitative estimate of drug-likeness (QED) is 0.706. The van der Waals surface area contributed by atoms with Crippen LogP contribution in [0.3, 0.4) is 0 Å². The molecule has 1 aromatic heterocycles. The lowest BCUT2D eigenvalue weighted by molar-refractivity contribution is -0.144. The Morgan fingerprint density at radius 1 is 1.37 bits per heavy atom. The van der Waals surface area contributed by atoms with Crippen molar-refractivity contribution in [2.45, 2.75) is 33.2 Å². The highest BCUT2D eigenvalue weighted by Crippen LogP contribution is 2.02. The average molecular weight is 268 g/mol. The molecule has 0 unspecified atom stereocenters. The van der Waals surface area contributed by atoms with Gasteiger partial charge in [0.25, 0.3) is 0 Å². The minimum Gasteiger partial charge on any atom is -0.465 e. The molecule has 0 aliphatic heterocycles. The van der Waals surface area contributed by atoms with Crippen molar-refractivity contribution in [2.24, 2.45) is 0 Å². The molecule has 104 valence electrons. The van der Waals surface area contributed by atoms with E-state index >= 15 is 0 Å². The van der Waals surface area contributed by atoms with Crippen LogP contribution in [-0.2, 0) is 25.7 Å². The highest BCUT2D eigenvalue weighted by atomic mass is 16.5. The number of rotatable bonds is 7. The fourth-order valence-electron chi connectivity index (χ4n) is 1.27. The van der Waals surface area contributed by atoms with Crippen LogP contribution in [0.4, 0.5) is 5.82 Å². The first-order valence-corrected chi connectivity index (χ1v) is 5.86. The molecule has 0 radical (unpaired) electrons. The monoisotopic (exact) mass is 268 g/mol. The maximum atomic E-state index is 11.4. The van der Waals surface area contributed by atoms with Gasteiger partial charge in [-0.05, 0) is 13.8 Å². The van der Waals surface area contributed by atoms with E-state index in [0.29, 0.717) is 6.61 Å². The molecule has 1 N–H and O–H groups in total. The Morgan fingerprint density at radius 3 is 2.74 bits per heavy atom. The number of hydrogen-bond donors (Lipinski definition) is 1. The molecule has 19 heavy (non-hydrogen) atoms. The fourth-order valence-corrected chi connectivity index (χ4v) is 1.27. The zero-order valence-corrected chi connectivity index (χ0v) is 10.9. The van der Waals surface area contributed by atoms with Crippen molar-refractivity contribution in [3.63, 3.8) is 0 Å². The Morgan fingerprint density at radius 2 is 2.11 bits per heavy atom. The van der Waals surface area contributed by atoms with E-state index in [9.17, 15) is 14.4 Å². The Bertz CT molecular complexity index is 469. The third-order valence-corrected chi connectivity index (χ3v) is 2.11. The Balaban J connectivity index is 2.44. The zero-order chi connectivity index (χ0) is 14.3. The second-order valence-corrected chi connectivity index (χ2v) is 3.86. The van der Waals surface area contributed by atoms with Crippen molar-refractivity contribution >= 4 is 23.5 Å². The number of hydrogen-bond acceptors (Lipinski definition) is 6. The summed E-state index contributed by atoms with van der Waals surface area (Å²) in [4.78, 5) is 33.3. The van der Waals surface area contributed by atoms with Gasteiger partial charge in [0, 0.05) is 12.8 Å². The summed E-state index contributed by atoms with van der Waals surface area (Å²) in [6.45, 7) is 3.36. The summed E-state index contributed by atoms with van der Waals surface area (Å²) >= 11 is 0. The van der Waals surface area contributed by atoms with Crippen LogP contribution in [0.15, 0.2) is 6.20 Å². The molecule has 0 atom stereocenters. The SMILES string of the molecule is CCOC(=O)Cn1cc(NC(=O)CCC(C)=O)nn1. The topological polar surface area (TPSA) is 103 Å². The first-order valence-electron chi connectivity index (χ1n) is 5.86. The van der Waals surface area contributed by atoms with Crippen LogP contribution in [0.1, 0.15) is 26.7 Å². The van der Waals surface area contributed by atoms with Gasteiger partial charge in [-0.15, -0.1) is 5.10 Å². The molecular weight excluding hydrogens is 252 g/mol. The van der Waals surface area contributed by atoms with Crippen LogP contribution >= 0.6 is 0 Å². The van der Waals surface area contributed by atoms with Crippen LogP contribution in [0.5, 0.6) is 0 Å². The maximum absolute atomic E-state index is 11.4. The van der Waals surface area contributed by atoms with E-state index in [4.69, 9.17) is 4.74 Å². The van der Waals surface area contributed by atoms with E-state index in [1.807, 2.05) is 0 Å². The third kappa shape index (κ3) is 5.75. The summed E-state index contributed by atoms with van der Waals surface area (Å²) in [7, 11) is 0. The van der Waals surface area contributed by atoms with Gasteiger partial charge >= 0.3 is 5.97 Å². The smallest absolute Gasteiger partial charge is 0.327 e. The number of carbonyl (C=O) groups is 3. The van der Waals surface area contributed by atoms with E-state index in [1.165, 1.54) is 17.8 Å². The van der Waals surface area contributed by atoms with Crippen LogP contribution < -0.4 is 5.32 Å². The van der Waals surface area contributed by atoms with Gasteiger partial charge in [-0.25, -0.2) is 4.68 Å². The lowest BCUT2D eigenvalue weighted by atomic mass is 10.2. The van der Waals surface area contributed by atoms with Crippen LogP contribution in [0, 0.1) is 0 Å². The van der Waals surface area contributed by atoms with Crippen molar-refractivity contribution in [3.8, 4) is 0 Å². The van der Waals surface area contributed by atoms with Gasteiger partial charge in [-0.1, -0.05) is 5.21 Å². The van der Waals surface area contributed by atoms with Crippen LogP contribution in [0.25, 0.3) is 0 Å². The number of aromatic nitrogens is 3. The Hall–Kier alpha value is -2.25. The molecule has 0 aromatic carbocycles. The summed E-state index contributed by atoms with van der Waals surface area (Å²) < 4.78 is 6.01. The summed E-state index contributed by atoms with van der Waals surface area (Å²) in [6.07, 6.45) is 1.70. The summed E-state index contributed by atoms with van der Waals surface area (Å²) in [5.41, 5.74) is 0. The summed E-state index contributed by atoms with van der Waals surface area (Å²) in [5, 5.41) is 9.84. The molecule has 0 aliphatic rings. The van der Waals surface area contributed by atoms with Gasteiger partial charge < -0.3 is 14.8 Å². The standard InChI is InChI=1S/C11H16N4O4/c1-3-19-11(18)7-15-6-9(13-14-15)12-10(17)5-4-8(2)16/h6H,3-5,7H2,1-2H3,(H,12,17). The second-order valence-electron chi connectivity index (χ2n) is 3.86. The van der Waals surface area contributed by atoms with Crippen LogP contribution in [0.2, 0.25) is 0 Å². The van der Waals surface area contributed by atoms with Crippen LogP contribution in [-0.4, -0.2) is 39.3 Å². The molecule has 1 aromatic rings. The van der Waals surface area contributed by atoms with E-state index in [2.05, 4.69) is 15.6 Å². The van der Waals surface area contributed by atoms with Gasteiger partial charge in [0.2, 0.25) is 5.91 Å². The van der Waals surface area contributed by atoms with Crippen molar-refractivity contribution in [1.29, 1.82) is 0 Å². The van der Waals surface area contributed by atoms with Crippen molar-refractivity contribution in [3.05, 3.63) is 6.20 Å². The van der Waals surface area contributed by atoms with Crippen molar-refractivity contribution in [2.75, 3.05) is 11.9 Å². The molecule has 0 bridgehead atoms. The van der Waals surface area contributed by atoms with Gasteiger partial charge in [0.1, 0.15) is 12.3 Å². The number of carbonyl (C=O) groups excluding carboxylic acids is 3. The third-order valence-electron chi connectivity index (χ3n) is 2.11. The molecule has 0 saturated heterocycles. The number of amides is 1. The van der Waals surface area contributed by atoms with E-state index in [1.54, 1.807) is 6.92 Å². The predicted octanol–water partition coefficient (Wildman–Crippen LogP) is 0.149. The molecule has 1 heterocycles. The molecular formula is C11H16N4O4. The van der Waals surface area contributed by atoms with E-state index in [-0.39, 0.29) is 36.9 Å². The number of ether oxygens (including phenoxy) is 1. The molecule has 8 heteroatoms. The Kier molecular flexibility index (Phi) is 5.65. The first-order chi connectivity index (χ1) is 9.01. The summed E-state index contributed by atoms with van der Waals surface area (Å²) in [6, 6.07) is 0. The average Bonchev–Trinajstić information content (AvgIpc) is 2.74. The zero-order valence-electron chi connectivity index (χ0n) is 10.9. The first kappa shape index (κ1) is 14.8. The van der Waals surface area contributed by atoms with Gasteiger partial charge in [0.15, 0.2) is 5.82 Å². The predicted molar refractivity (Wildman–Crippen MR) is 65.2 cm³/mol. The highest BCUT2D eigenvalue weighted by molar-refractivity contribution is 5.92. The molecule has 1 rings (SSSR count). The molecule has 0 spiro atoms. The molecule has 0 saturated carbocycles. The fraction of sp³-hybridized carbons (Fsp3) is 0.545. The molecule has 1 amide bonds. The minimum atomic E-state index is -0.429. The largest absolute Gasteiger partial charge is 0.465 e. The number of Topliss-reactive ketones (excluding diaryl/α,β-unsaturated/α-hetero) is 1. The maximum Gasteiger partial charge on any atom is 0.327 e. The lowest BCUT2D eigenvalue weighted by Crippen LogP contribution is -2.14. The second kappa shape index (κ2) is 7.24. The minimum absolute atomic E-state index is 0.0545. The van der Waals surface area contributed by atoms with Crippen molar-refractivity contribution in [1.82, 2.24) is 15.0 Å². The van der Waals surface area contributed by atoms with E-state index < -0.39 is 5.97 Å². The number of esters is 1. The number of ketones is 1.